The van der Waals surface area contributed by atoms with Gasteiger partial charge in [0.25, 0.3) is 0 Å². The standard InChI is InChI=1S/C24H29N5O/c1-28-17-14-25-23(28)22(20-10-6-3-7-11-20)27-24(30)26-21-12-15-29(16-13-21)18-19-8-4-2-5-9-19/h2-11,14,17,21-22H,12-13,15-16,18H2,1H3,(H2,26,27,30)/t22-/m0/s1. The van der Waals surface area contributed by atoms with Crippen LogP contribution in [0.4, 0.5) is 4.79 Å². The van der Waals surface area contributed by atoms with Gasteiger partial charge in [-0.3, -0.25) is 4.90 Å². The molecule has 0 aliphatic carbocycles. The quantitative estimate of drug-likeness (QED) is 0.662. The molecule has 6 nitrogen and oxygen atoms in total. The fourth-order valence-electron chi connectivity index (χ4n) is 4.03. The monoisotopic (exact) mass is 403 g/mol. The van der Waals surface area contributed by atoms with Crippen LogP contribution in [0, 0.1) is 0 Å². The van der Waals surface area contributed by atoms with Gasteiger partial charge in [-0.15, -0.1) is 0 Å². The minimum atomic E-state index is -0.288. The van der Waals surface area contributed by atoms with Crippen molar-refractivity contribution in [3.05, 3.63) is 90.0 Å². The minimum Gasteiger partial charge on any atom is -0.336 e. The molecule has 0 saturated carbocycles. The molecule has 156 valence electrons. The Kier molecular flexibility index (Phi) is 6.44. The molecule has 2 amide bonds. The van der Waals surface area contributed by atoms with Crippen molar-refractivity contribution < 1.29 is 4.79 Å². The summed E-state index contributed by atoms with van der Waals surface area (Å²) < 4.78 is 1.94. The molecule has 2 N–H and O–H groups in total. The van der Waals surface area contributed by atoms with Gasteiger partial charge in [0.2, 0.25) is 0 Å². The molecule has 0 bridgehead atoms. The summed E-state index contributed by atoms with van der Waals surface area (Å²) in [5.41, 5.74) is 2.35. The van der Waals surface area contributed by atoms with Crippen LogP contribution in [0.1, 0.15) is 35.8 Å². The third-order valence-corrected chi connectivity index (χ3v) is 5.70. The largest absolute Gasteiger partial charge is 0.336 e. The number of aryl methyl sites for hydroxylation is 1. The Morgan fingerprint density at radius 2 is 1.73 bits per heavy atom. The van der Waals surface area contributed by atoms with E-state index >= 15 is 0 Å². The number of carbonyl (C=O) groups excluding carboxylic acids is 1. The van der Waals surface area contributed by atoms with E-state index in [2.05, 4.69) is 44.8 Å². The molecule has 1 fully saturated rings. The van der Waals surface area contributed by atoms with Crippen molar-refractivity contribution in [2.75, 3.05) is 13.1 Å². The first kappa shape index (κ1) is 20.2. The van der Waals surface area contributed by atoms with Crippen molar-refractivity contribution in [2.45, 2.75) is 31.5 Å². The maximum absolute atomic E-state index is 12.8. The topological polar surface area (TPSA) is 62.2 Å². The van der Waals surface area contributed by atoms with E-state index in [9.17, 15) is 4.79 Å². The predicted octanol–water partition coefficient (Wildman–Crippen LogP) is 3.47. The Balaban J connectivity index is 1.33. The lowest BCUT2D eigenvalue weighted by atomic mass is 10.0. The van der Waals surface area contributed by atoms with E-state index in [1.807, 2.05) is 54.2 Å². The molecular formula is C24H29N5O. The SMILES string of the molecule is Cn1ccnc1[C@@H](NC(=O)NC1CCN(Cc2ccccc2)CC1)c1ccccc1. The minimum absolute atomic E-state index is 0.145. The van der Waals surface area contributed by atoms with Crippen molar-refractivity contribution in [1.82, 2.24) is 25.1 Å². The lowest BCUT2D eigenvalue weighted by Gasteiger charge is -2.32. The Labute approximate surface area is 177 Å². The van der Waals surface area contributed by atoms with Gasteiger partial charge in [0.15, 0.2) is 0 Å². The van der Waals surface area contributed by atoms with Crippen LogP contribution in [0.25, 0.3) is 0 Å². The average molecular weight is 404 g/mol. The zero-order valence-electron chi connectivity index (χ0n) is 17.4. The molecule has 1 aromatic heterocycles. The van der Waals surface area contributed by atoms with E-state index in [4.69, 9.17) is 0 Å². The Morgan fingerprint density at radius 3 is 2.37 bits per heavy atom. The predicted molar refractivity (Wildman–Crippen MR) is 118 cm³/mol. The molecule has 4 rings (SSSR count). The number of carbonyl (C=O) groups is 1. The van der Waals surface area contributed by atoms with Gasteiger partial charge in [-0.25, -0.2) is 9.78 Å². The number of piperidine rings is 1. The van der Waals surface area contributed by atoms with Gasteiger partial charge in [-0.1, -0.05) is 60.7 Å². The number of urea groups is 1. The van der Waals surface area contributed by atoms with E-state index < -0.39 is 0 Å². The molecule has 0 unspecified atom stereocenters. The molecule has 30 heavy (non-hydrogen) atoms. The summed E-state index contributed by atoms with van der Waals surface area (Å²) in [5, 5.41) is 6.30. The van der Waals surface area contributed by atoms with Crippen LogP contribution in [-0.4, -0.2) is 39.6 Å². The molecule has 0 radical (unpaired) electrons. The van der Waals surface area contributed by atoms with Crippen LogP contribution >= 0.6 is 0 Å². The number of likely N-dealkylation sites (tertiary alicyclic amines) is 1. The van der Waals surface area contributed by atoms with Crippen LogP contribution in [0.5, 0.6) is 0 Å². The second-order valence-electron chi connectivity index (χ2n) is 7.89. The summed E-state index contributed by atoms with van der Waals surface area (Å²) >= 11 is 0. The summed E-state index contributed by atoms with van der Waals surface area (Å²) in [7, 11) is 1.94. The van der Waals surface area contributed by atoms with Crippen molar-refractivity contribution in [3.8, 4) is 0 Å². The van der Waals surface area contributed by atoms with Gasteiger partial charge >= 0.3 is 6.03 Å². The van der Waals surface area contributed by atoms with Crippen molar-refractivity contribution >= 4 is 6.03 Å². The molecule has 1 atom stereocenters. The molecular weight excluding hydrogens is 374 g/mol. The van der Waals surface area contributed by atoms with Gasteiger partial charge in [0, 0.05) is 45.1 Å². The van der Waals surface area contributed by atoms with Crippen LogP contribution in [0.15, 0.2) is 73.1 Å². The van der Waals surface area contributed by atoms with Crippen LogP contribution < -0.4 is 10.6 Å². The van der Waals surface area contributed by atoms with Crippen molar-refractivity contribution in [3.63, 3.8) is 0 Å². The highest BCUT2D eigenvalue weighted by molar-refractivity contribution is 5.75. The first-order valence-corrected chi connectivity index (χ1v) is 10.5. The van der Waals surface area contributed by atoms with Gasteiger partial charge in [0.05, 0.1) is 0 Å². The third kappa shape index (κ3) is 5.07. The number of nitrogens with one attached hydrogen (secondary N) is 2. The molecule has 1 aliphatic rings. The Hall–Kier alpha value is -3.12. The molecule has 2 aromatic carbocycles. The Bertz CT molecular complexity index is 932. The molecule has 3 aromatic rings. The van der Waals surface area contributed by atoms with Crippen LogP contribution in [0.2, 0.25) is 0 Å². The third-order valence-electron chi connectivity index (χ3n) is 5.70. The fraction of sp³-hybridized carbons (Fsp3) is 0.333. The highest BCUT2D eigenvalue weighted by Crippen LogP contribution is 2.20. The summed E-state index contributed by atoms with van der Waals surface area (Å²) in [6.07, 6.45) is 5.57. The smallest absolute Gasteiger partial charge is 0.315 e. The highest BCUT2D eigenvalue weighted by Gasteiger charge is 2.24. The number of nitrogens with zero attached hydrogens (tertiary/aromatic N) is 3. The maximum Gasteiger partial charge on any atom is 0.315 e. The lowest BCUT2D eigenvalue weighted by molar-refractivity contribution is 0.186. The summed E-state index contributed by atoms with van der Waals surface area (Å²) in [6.45, 7) is 2.94. The summed E-state index contributed by atoms with van der Waals surface area (Å²) in [5.74, 6) is 0.814. The van der Waals surface area contributed by atoms with Gasteiger partial charge < -0.3 is 15.2 Å². The number of imidazole rings is 1. The number of hydrogen-bond acceptors (Lipinski definition) is 3. The normalized spacial score (nSPS) is 16.2. The molecule has 0 spiro atoms. The number of benzene rings is 2. The summed E-state index contributed by atoms with van der Waals surface area (Å²) in [4.78, 5) is 19.7. The second-order valence-corrected chi connectivity index (χ2v) is 7.89. The number of amides is 2. The number of aromatic nitrogens is 2. The Morgan fingerprint density at radius 1 is 1.07 bits per heavy atom. The van der Waals surface area contributed by atoms with E-state index in [1.165, 1.54) is 5.56 Å². The lowest BCUT2D eigenvalue weighted by Crippen LogP contribution is -2.48. The molecule has 2 heterocycles. The zero-order valence-corrected chi connectivity index (χ0v) is 17.4. The van der Waals surface area contributed by atoms with Crippen molar-refractivity contribution in [2.24, 2.45) is 7.05 Å². The van der Waals surface area contributed by atoms with E-state index in [0.29, 0.717) is 0 Å². The number of rotatable bonds is 6. The number of hydrogen-bond donors (Lipinski definition) is 2. The van der Waals surface area contributed by atoms with Gasteiger partial charge in [0.1, 0.15) is 11.9 Å². The molecule has 1 aliphatic heterocycles. The van der Waals surface area contributed by atoms with Gasteiger partial charge in [-0.2, -0.15) is 0 Å². The first-order valence-electron chi connectivity index (χ1n) is 10.5. The van der Waals surface area contributed by atoms with E-state index in [-0.39, 0.29) is 18.1 Å². The molecule has 6 heteroatoms. The fourth-order valence-corrected chi connectivity index (χ4v) is 4.03. The van der Waals surface area contributed by atoms with Crippen LogP contribution in [-0.2, 0) is 13.6 Å². The van der Waals surface area contributed by atoms with E-state index in [0.717, 1.165) is 43.9 Å². The highest BCUT2D eigenvalue weighted by atomic mass is 16.2. The average Bonchev–Trinajstić information content (AvgIpc) is 3.20. The van der Waals surface area contributed by atoms with E-state index in [1.54, 1.807) is 6.20 Å². The summed E-state index contributed by atoms with van der Waals surface area (Å²) in [6, 6.07) is 20.3. The van der Waals surface area contributed by atoms with Crippen molar-refractivity contribution in [1.29, 1.82) is 0 Å². The second kappa shape index (κ2) is 9.59. The zero-order chi connectivity index (χ0) is 20.8. The first-order chi connectivity index (χ1) is 14.7. The van der Waals surface area contributed by atoms with Crippen LogP contribution in [0.3, 0.4) is 0 Å². The molecule has 1 saturated heterocycles. The maximum atomic E-state index is 12.8. The van der Waals surface area contributed by atoms with Gasteiger partial charge in [-0.05, 0) is 24.0 Å².